The van der Waals surface area contributed by atoms with Crippen molar-refractivity contribution in [3.05, 3.63) is 23.8 Å². The average molecular weight is 362 g/mol. The van der Waals surface area contributed by atoms with Gasteiger partial charge in [0.05, 0.1) is 27.8 Å². The minimum Gasteiger partial charge on any atom is -0.493 e. The van der Waals surface area contributed by atoms with E-state index >= 15 is 0 Å². The van der Waals surface area contributed by atoms with Gasteiger partial charge in [0.1, 0.15) is 5.78 Å². The van der Waals surface area contributed by atoms with Gasteiger partial charge in [-0.15, -0.1) is 0 Å². The lowest BCUT2D eigenvalue weighted by Gasteiger charge is -2.13. The summed E-state index contributed by atoms with van der Waals surface area (Å²) in [6.45, 7) is 2.16. The first-order valence-corrected chi connectivity index (χ1v) is 9.08. The first-order valence-electron chi connectivity index (χ1n) is 9.08. The number of benzene rings is 1. The van der Waals surface area contributed by atoms with Crippen molar-refractivity contribution in [3.8, 4) is 17.2 Å². The van der Waals surface area contributed by atoms with Crippen molar-refractivity contribution >= 4 is 17.6 Å². The van der Waals surface area contributed by atoms with Gasteiger partial charge in [0, 0.05) is 12.0 Å². The van der Waals surface area contributed by atoms with Crippen molar-refractivity contribution in [1.29, 1.82) is 0 Å². The van der Waals surface area contributed by atoms with Crippen LogP contribution in [0.15, 0.2) is 18.2 Å². The molecule has 0 unspecified atom stereocenters. The number of hydrogen-bond donors (Lipinski definition) is 0. The Bertz CT molecular complexity index is 619. The maximum Gasteiger partial charge on any atom is 0.203 e. The van der Waals surface area contributed by atoms with Crippen molar-refractivity contribution in [2.45, 2.75) is 51.9 Å². The zero-order valence-corrected chi connectivity index (χ0v) is 16.3. The highest BCUT2D eigenvalue weighted by Gasteiger charge is 2.14. The number of carbonyl (C=O) groups excluding carboxylic acids is 2. The van der Waals surface area contributed by atoms with Gasteiger partial charge in [0.2, 0.25) is 5.75 Å². The van der Waals surface area contributed by atoms with Crippen molar-refractivity contribution in [2.24, 2.45) is 0 Å². The Balaban J connectivity index is 2.64. The molecule has 5 nitrogen and oxygen atoms in total. The van der Waals surface area contributed by atoms with Crippen LogP contribution >= 0.6 is 0 Å². The summed E-state index contributed by atoms with van der Waals surface area (Å²) in [5, 5.41) is 0. The summed E-state index contributed by atoms with van der Waals surface area (Å²) in [5.41, 5.74) is 0.686. The number of carbonyl (C=O) groups is 2. The Labute approximate surface area is 156 Å². The van der Waals surface area contributed by atoms with Crippen LogP contribution in [0.4, 0.5) is 0 Å². The number of ketones is 2. The molecule has 0 atom stereocenters. The fraction of sp³-hybridized carbons (Fsp3) is 0.524. The van der Waals surface area contributed by atoms with E-state index in [0.29, 0.717) is 29.2 Å². The largest absolute Gasteiger partial charge is 0.493 e. The summed E-state index contributed by atoms with van der Waals surface area (Å²) in [6, 6.07) is 3.52. The van der Waals surface area contributed by atoms with Gasteiger partial charge in [-0.05, 0) is 30.7 Å². The van der Waals surface area contributed by atoms with E-state index in [0.717, 1.165) is 19.3 Å². The van der Waals surface area contributed by atoms with Crippen LogP contribution in [0, 0.1) is 0 Å². The Morgan fingerprint density at radius 1 is 0.923 bits per heavy atom. The molecule has 0 aliphatic rings. The van der Waals surface area contributed by atoms with E-state index in [1.165, 1.54) is 33.1 Å². The zero-order valence-electron chi connectivity index (χ0n) is 16.3. The minimum atomic E-state index is -0.208. The third kappa shape index (κ3) is 6.90. The highest BCUT2D eigenvalue weighted by atomic mass is 16.5. The number of unbranched alkanes of at least 4 members (excludes halogenated alkanes) is 4. The van der Waals surface area contributed by atoms with Crippen molar-refractivity contribution in [3.63, 3.8) is 0 Å². The molecule has 0 bridgehead atoms. The zero-order chi connectivity index (χ0) is 19.4. The van der Waals surface area contributed by atoms with E-state index in [2.05, 4.69) is 6.92 Å². The highest BCUT2D eigenvalue weighted by molar-refractivity contribution is 6.06. The molecule has 0 aliphatic carbocycles. The molecule has 0 saturated carbocycles. The van der Waals surface area contributed by atoms with Crippen LogP contribution in [-0.2, 0) is 9.59 Å². The number of allylic oxidation sites excluding steroid dienone is 1. The van der Waals surface area contributed by atoms with Crippen LogP contribution in [-0.4, -0.2) is 32.9 Å². The van der Waals surface area contributed by atoms with Crippen LogP contribution in [0.2, 0.25) is 0 Å². The topological polar surface area (TPSA) is 61.8 Å². The van der Waals surface area contributed by atoms with Crippen molar-refractivity contribution < 1.29 is 23.8 Å². The van der Waals surface area contributed by atoms with Gasteiger partial charge >= 0.3 is 0 Å². The SMILES string of the molecule is CCCCCCCC(=O)CC(=O)C=Cc1ccc(OC)c(OC)c1OC. The standard InChI is InChI=1S/C21H30O5/c1-5-6-7-8-9-10-17(22)15-18(23)13-11-16-12-14-19(24-2)21(26-4)20(16)25-3/h11-14H,5-10,15H2,1-4H3. The molecule has 1 aromatic carbocycles. The Morgan fingerprint density at radius 3 is 2.23 bits per heavy atom. The smallest absolute Gasteiger partial charge is 0.203 e. The van der Waals surface area contributed by atoms with E-state index < -0.39 is 0 Å². The molecule has 0 aliphatic heterocycles. The van der Waals surface area contributed by atoms with Crippen LogP contribution in [0.1, 0.15) is 57.4 Å². The van der Waals surface area contributed by atoms with Gasteiger partial charge in [-0.3, -0.25) is 9.59 Å². The van der Waals surface area contributed by atoms with Gasteiger partial charge in [-0.1, -0.05) is 32.6 Å². The molecule has 0 amide bonds. The molecule has 0 heterocycles. The molecule has 0 saturated heterocycles. The maximum absolute atomic E-state index is 12.0. The lowest BCUT2D eigenvalue weighted by atomic mass is 10.0. The first kappa shape index (κ1) is 21.7. The summed E-state index contributed by atoms with van der Waals surface area (Å²) in [7, 11) is 4.60. The predicted octanol–water partition coefficient (Wildman–Crippen LogP) is 4.61. The normalized spacial score (nSPS) is 10.8. The van der Waals surface area contributed by atoms with Crippen LogP contribution in [0.25, 0.3) is 6.08 Å². The third-order valence-corrected chi connectivity index (χ3v) is 4.11. The molecule has 0 aromatic heterocycles. The Hall–Kier alpha value is -2.30. The van der Waals surface area contributed by atoms with Gasteiger partial charge in [-0.2, -0.15) is 0 Å². The van der Waals surface area contributed by atoms with Crippen molar-refractivity contribution in [1.82, 2.24) is 0 Å². The van der Waals surface area contributed by atoms with Gasteiger partial charge in [-0.25, -0.2) is 0 Å². The number of ether oxygens (including phenoxy) is 3. The monoisotopic (exact) mass is 362 g/mol. The van der Waals surface area contributed by atoms with Crippen molar-refractivity contribution in [2.75, 3.05) is 21.3 Å². The van der Waals surface area contributed by atoms with E-state index in [-0.39, 0.29) is 18.0 Å². The van der Waals surface area contributed by atoms with E-state index in [9.17, 15) is 9.59 Å². The summed E-state index contributed by atoms with van der Waals surface area (Å²) in [5.74, 6) is 1.29. The first-order chi connectivity index (χ1) is 12.6. The van der Waals surface area contributed by atoms with Gasteiger partial charge in [0.25, 0.3) is 0 Å². The molecule has 5 heteroatoms. The van der Waals surface area contributed by atoms with Crippen LogP contribution in [0.3, 0.4) is 0 Å². The average Bonchev–Trinajstić information content (AvgIpc) is 2.65. The third-order valence-electron chi connectivity index (χ3n) is 4.11. The summed E-state index contributed by atoms with van der Waals surface area (Å²) in [6.07, 6.45) is 8.90. The Kier molecular flexibility index (Phi) is 10.1. The number of rotatable bonds is 13. The van der Waals surface area contributed by atoms with Gasteiger partial charge in [0.15, 0.2) is 17.3 Å². The second-order valence-electron chi connectivity index (χ2n) is 6.10. The predicted molar refractivity (Wildman–Crippen MR) is 103 cm³/mol. The summed E-state index contributed by atoms with van der Waals surface area (Å²) < 4.78 is 15.9. The highest BCUT2D eigenvalue weighted by Crippen LogP contribution is 2.40. The molecule has 0 spiro atoms. The van der Waals surface area contributed by atoms with E-state index in [1.54, 1.807) is 25.3 Å². The quantitative estimate of drug-likeness (QED) is 0.291. The molecule has 144 valence electrons. The number of Topliss-reactive ketones (excluding diaryl/α,β-unsaturated/α-hetero) is 1. The maximum atomic E-state index is 12.0. The van der Waals surface area contributed by atoms with Crippen LogP contribution < -0.4 is 14.2 Å². The lowest BCUT2D eigenvalue weighted by molar-refractivity contribution is -0.124. The fourth-order valence-corrected chi connectivity index (χ4v) is 2.71. The fourth-order valence-electron chi connectivity index (χ4n) is 2.71. The molecular formula is C21H30O5. The molecule has 0 N–H and O–H groups in total. The van der Waals surface area contributed by atoms with E-state index in [4.69, 9.17) is 14.2 Å². The van der Waals surface area contributed by atoms with Crippen LogP contribution in [0.5, 0.6) is 17.2 Å². The summed E-state index contributed by atoms with van der Waals surface area (Å²) in [4.78, 5) is 23.9. The molecule has 0 fully saturated rings. The molecule has 1 rings (SSSR count). The molecule has 1 aromatic rings. The number of methoxy groups -OCH3 is 3. The summed E-state index contributed by atoms with van der Waals surface area (Å²) >= 11 is 0. The number of hydrogen-bond acceptors (Lipinski definition) is 5. The Morgan fingerprint density at radius 2 is 1.62 bits per heavy atom. The molecule has 26 heavy (non-hydrogen) atoms. The molecular weight excluding hydrogens is 332 g/mol. The second-order valence-corrected chi connectivity index (χ2v) is 6.10. The minimum absolute atomic E-state index is 0.00424. The second kappa shape index (κ2) is 12.1. The van der Waals surface area contributed by atoms with Gasteiger partial charge < -0.3 is 14.2 Å². The lowest BCUT2D eigenvalue weighted by Crippen LogP contribution is -2.05. The molecule has 0 radical (unpaired) electrons. The van der Waals surface area contributed by atoms with E-state index in [1.807, 2.05) is 0 Å².